The Kier molecular flexibility index (Phi) is 37.2. The van der Waals surface area contributed by atoms with Gasteiger partial charge in [0.2, 0.25) is 0 Å². The monoisotopic (exact) mass is 642 g/mol. The summed E-state index contributed by atoms with van der Waals surface area (Å²) in [4.78, 5) is 14.4. The van der Waals surface area contributed by atoms with E-state index >= 15 is 0 Å². The van der Waals surface area contributed by atoms with Crippen LogP contribution in [0.25, 0.3) is 0 Å². The maximum absolute atomic E-state index is 12.0. The highest BCUT2D eigenvalue weighted by atomic mass is 16.7. The van der Waals surface area contributed by atoms with Crippen molar-refractivity contribution in [1.29, 1.82) is 0 Å². The second kappa shape index (κ2) is 37.8. The number of unbranched alkanes of at least 4 members (excludes halogenated alkanes) is 20. The molecule has 0 bridgehead atoms. The number of aliphatic hydroxyl groups excluding tert-OH is 1. The summed E-state index contributed by atoms with van der Waals surface area (Å²) in [5.41, 5.74) is 0. The lowest BCUT2D eigenvalue weighted by atomic mass is 10.1. The van der Waals surface area contributed by atoms with Crippen LogP contribution in [-0.4, -0.2) is 68.3 Å². The molecule has 6 heteroatoms. The first-order valence-electron chi connectivity index (χ1n) is 19.9. The fourth-order valence-electron chi connectivity index (χ4n) is 5.81. The average Bonchev–Trinajstić information content (AvgIpc) is 3.04. The third kappa shape index (κ3) is 34.5. The summed E-state index contributed by atoms with van der Waals surface area (Å²) in [6.45, 7) is 12.1. The molecule has 0 aliphatic carbocycles. The average molecular weight is 642 g/mol. The van der Waals surface area contributed by atoms with Crippen LogP contribution < -0.4 is 0 Å². The molecule has 0 rings (SSSR count). The minimum absolute atomic E-state index is 0.0211. The van der Waals surface area contributed by atoms with Gasteiger partial charge in [-0.2, -0.15) is 0 Å². The third-order valence-corrected chi connectivity index (χ3v) is 8.80. The van der Waals surface area contributed by atoms with Crippen LogP contribution in [0, 0.1) is 0 Å². The van der Waals surface area contributed by atoms with Gasteiger partial charge in [-0.1, -0.05) is 136 Å². The van der Waals surface area contributed by atoms with Gasteiger partial charge in [0.05, 0.1) is 13.2 Å². The van der Waals surface area contributed by atoms with E-state index in [1.165, 1.54) is 128 Å². The van der Waals surface area contributed by atoms with Crippen molar-refractivity contribution < 1.29 is 24.1 Å². The first-order chi connectivity index (χ1) is 22.2. The minimum atomic E-state index is -0.0261. The molecule has 0 heterocycles. The highest BCUT2D eigenvalue weighted by Gasteiger charge is 2.10. The maximum atomic E-state index is 12.0. The molecule has 0 aliphatic rings. The van der Waals surface area contributed by atoms with Gasteiger partial charge in [-0.25, -0.2) is 0 Å². The quantitative estimate of drug-likeness (QED) is 0.0411. The van der Waals surface area contributed by atoms with Gasteiger partial charge in [-0.3, -0.25) is 4.79 Å². The largest absolute Gasteiger partial charge is 0.466 e. The number of hydrogen-bond acceptors (Lipinski definition) is 6. The Morgan fingerprint density at radius 3 is 1.47 bits per heavy atom. The van der Waals surface area contributed by atoms with E-state index in [-0.39, 0.29) is 18.9 Å². The van der Waals surface area contributed by atoms with Crippen molar-refractivity contribution in [1.82, 2.24) is 4.90 Å². The molecule has 0 spiro atoms. The van der Waals surface area contributed by atoms with E-state index < -0.39 is 0 Å². The van der Waals surface area contributed by atoms with Crippen molar-refractivity contribution in [3.8, 4) is 0 Å². The van der Waals surface area contributed by atoms with Gasteiger partial charge in [0.1, 0.15) is 0 Å². The van der Waals surface area contributed by atoms with Gasteiger partial charge in [0.25, 0.3) is 0 Å². The molecule has 0 saturated heterocycles. The van der Waals surface area contributed by atoms with Crippen molar-refractivity contribution in [2.75, 3.05) is 46.1 Å². The van der Waals surface area contributed by atoms with Gasteiger partial charge in [0.15, 0.2) is 6.29 Å². The molecule has 270 valence electrons. The van der Waals surface area contributed by atoms with E-state index in [1.807, 2.05) is 0 Å². The van der Waals surface area contributed by atoms with Crippen LogP contribution in [0.4, 0.5) is 0 Å². The molecule has 0 aromatic carbocycles. The van der Waals surface area contributed by atoms with Crippen molar-refractivity contribution in [2.45, 2.75) is 200 Å². The van der Waals surface area contributed by atoms with Crippen LogP contribution in [0.3, 0.4) is 0 Å². The van der Waals surface area contributed by atoms with Crippen LogP contribution >= 0.6 is 0 Å². The second-order valence-corrected chi connectivity index (χ2v) is 13.3. The molecule has 0 aromatic rings. The zero-order valence-electron chi connectivity index (χ0n) is 30.6. The predicted octanol–water partition coefficient (Wildman–Crippen LogP) is 10.8. The smallest absolute Gasteiger partial charge is 0.305 e. The van der Waals surface area contributed by atoms with Crippen LogP contribution in [0.15, 0.2) is 0 Å². The molecule has 0 unspecified atom stereocenters. The second-order valence-electron chi connectivity index (χ2n) is 13.3. The van der Waals surface area contributed by atoms with Crippen molar-refractivity contribution in [3.05, 3.63) is 0 Å². The van der Waals surface area contributed by atoms with E-state index in [2.05, 4.69) is 25.7 Å². The molecular weight excluding hydrogens is 562 g/mol. The summed E-state index contributed by atoms with van der Waals surface area (Å²) in [7, 11) is 0. The Morgan fingerprint density at radius 2 is 0.933 bits per heavy atom. The van der Waals surface area contributed by atoms with Crippen molar-refractivity contribution in [2.24, 2.45) is 0 Å². The number of aliphatic hydroxyl groups is 1. The number of carbonyl (C=O) groups is 1. The van der Waals surface area contributed by atoms with E-state index in [9.17, 15) is 9.90 Å². The van der Waals surface area contributed by atoms with Gasteiger partial charge in [0, 0.05) is 26.2 Å². The number of carbonyl (C=O) groups excluding carboxylic acids is 1. The van der Waals surface area contributed by atoms with Crippen LogP contribution in [0.1, 0.15) is 194 Å². The van der Waals surface area contributed by atoms with E-state index in [0.29, 0.717) is 13.0 Å². The normalized spacial score (nSPS) is 11.7. The SMILES string of the molecule is CCCCCCCCCOC(=O)CCCCCCCN(CCO)CCCCCCCC(OCCCCCC)OCCCCCC. The zero-order valence-corrected chi connectivity index (χ0v) is 30.6. The van der Waals surface area contributed by atoms with Crippen molar-refractivity contribution >= 4 is 5.97 Å². The highest BCUT2D eigenvalue weighted by Crippen LogP contribution is 2.14. The van der Waals surface area contributed by atoms with E-state index in [1.54, 1.807) is 0 Å². The molecule has 6 nitrogen and oxygen atoms in total. The summed E-state index contributed by atoms with van der Waals surface area (Å²) in [6, 6.07) is 0. The molecule has 0 radical (unpaired) electrons. The van der Waals surface area contributed by atoms with E-state index in [4.69, 9.17) is 14.2 Å². The summed E-state index contributed by atoms with van der Waals surface area (Å²) in [5, 5.41) is 9.52. The number of esters is 1. The van der Waals surface area contributed by atoms with Gasteiger partial charge in [-0.05, 0) is 64.5 Å². The lowest BCUT2D eigenvalue weighted by Crippen LogP contribution is -2.29. The first kappa shape index (κ1) is 44.3. The molecular formula is C39H79NO5. The number of nitrogens with zero attached hydrogens (tertiary/aromatic N) is 1. The third-order valence-electron chi connectivity index (χ3n) is 8.80. The Morgan fingerprint density at radius 1 is 0.511 bits per heavy atom. The Balaban J connectivity index is 3.83. The van der Waals surface area contributed by atoms with Crippen LogP contribution in [-0.2, 0) is 19.0 Å². The lowest BCUT2D eigenvalue weighted by molar-refractivity contribution is -0.148. The molecule has 0 amide bonds. The fraction of sp³-hybridized carbons (Fsp3) is 0.974. The molecule has 0 fully saturated rings. The number of hydrogen-bond donors (Lipinski definition) is 1. The summed E-state index contributed by atoms with van der Waals surface area (Å²) in [5.74, 6) is -0.0211. The molecule has 0 aliphatic heterocycles. The van der Waals surface area contributed by atoms with Crippen molar-refractivity contribution in [3.63, 3.8) is 0 Å². The summed E-state index contributed by atoms with van der Waals surface area (Å²) in [6.07, 6.45) is 31.8. The lowest BCUT2D eigenvalue weighted by Gasteiger charge is -2.21. The Bertz CT molecular complexity index is 562. The maximum Gasteiger partial charge on any atom is 0.305 e. The molecule has 0 saturated carbocycles. The van der Waals surface area contributed by atoms with Crippen LogP contribution in [0.5, 0.6) is 0 Å². The predicted molar refractivity (Wildman–Crippen MR) is 192 cm³/mol. The summed E-state index contributed by atoms with van der Waals surface area (Å²) < 4.78 is 17.6. The standard InChI is InChI=1S/C39H79NO5/c1-4-7-10-13-14-21-28-35-43-38(42)29-22-17-15-19-24-31-40(33-34-41)32-25-20-16-18-23-30-39(44-36-26-11-8-5-2)45-37-27-12-9-6-3/h39,41H,4-37H2,1-3H3. The molecule has 0 atom stereocenters. The molecule has 0 aromatic heterocycles. The summed E-state index contributed by atoms with van der Waals surface area (Å²) >= 11 is 0. The molecule has 45 heavy (non-hydrogen) atoms. The topological polar surface area (TPSA) is 68.2 Å². The van der Waals surface area contributed by atoms with E-state index in [0.717, 1.165) is 71.4 Å². The van der Waals surface area contributed by atoms with Gasteiger partial charge >= 0.3 is 5.97 Å². The van der Waals surface area contributed by atoms with Crippen LogP contribution in [0.2, 0.25) is 0 Å². The Hall–Kier alpha value is -0.690. The number of ether oxygens (including phenoxy) is 3. The fourth-order valence-corrected chi connectivity index (χ4v) is 5.81. The van der Waals surface area contributed by atoms with Gasteiger partial charge in [-0.15, -0.1) is 0 Å². The number of rotatable bonds is 38. The Labute approximate surface area is 281 Å². The first-order valence-corrected chi connectivity index (χ1v) is 19.9. The minimum Gasteiger partial charge on any atom is -0.466 e. The van der Waals surface area contributed by atoms with Gasteiger partial charge < -0.3 is 24.2 Å². The zero-order chi connectivity index (χ0) is 32.9. The highest BCUT2D eigenvalue weighted by molar-refractivity contribution is 5.69. The molecule has 1 N–H and O–H groups in total.